The van der Waals surface area contributed by atoms with Crippen LogP contribution in [0.1, 0.15) is 66.7 Å². The molecule has 3 aliphatic rings. The first-order valence-electron chi connectivity index (χ1n) is 11.3. The van der Waals surface area contributed by atoms with E-state index in [1.807, 2.05) is 13.8 Å². The molecule has 0 bridgehead atoms. The summed E-state index contributed by atoms with van der Waals surface area (Å²) >= 11 is 0. The van der Waals surface area contributed by atoms with Gasteiger partial charge in [0.2, 0.25) is 0 Å². The Bertz CT molecular complexity index is 860. The molecular weight excluding hydrogens is 412 g/mol. The van der Waals surface area contributed by atoms with E-state index < -0.39 is 46.5 Å². The van der Waals surface area contributed by atoms with Crippen LogP contribution in [0.3, 0.4) is 0 Å². The summed E-state index contributed by atoms with van der Waals surface area (Å²) in [5.41, 5.74) is -0.668. The predicted molar refractivity (Wildman–Crippen MR) is 117 cm³/mol. The van der Waals surface area contributed by atoms with Crippen molar-refractivity contribution in [1.82, 2.24) is 0 Å². The molecule has 0 amide bonds. The van der Waals surface area contributed by atoms with E-state index >= 15 is 0 Å². The number of ether oxygens (including phenoxy) is 3. The maximum absolute atomic E-state index is 12.9. The van der Waals surface area contributed by atoms with Crippen LogP contribution in [0.5, 0.6) is 0 Å². The van der Waals surface area contributed by atoms with E-state index in [9.17, 15) is 19.5 Å². The molecule has 3 aliphatic carbocycles. The fraction of sp³-hybridized carbons (Fsp3) is 0.720. The lowest BCUT2D eigenvalue weighted by Gasteiger charge is -2.59. The van der Waals surface area contributed by atoms with E-state index in [0.29, 0.717) is 24.8 Å². The van der Waals surface area contributed by atoms with Crippen LogP contribution in [0.15, 0.2) is 23.8 Å². The molecule has 32 heavy (non-hydrogen) atoms. The summed E-state index contributed by atoms with van der Waals surface area (Å²) in [5, 5.41) is 11.4. The van der Waals surface area contributed by atoms with Gasteiger partial charge in [-0.05, 0) is 49.5 Å². The van der Waals surface area contributed by atoms with Gasteiger partial charge in [0.05, 0.1) is 18.6 Å². The zero-order valence-electron chi connectivity index (χ0n) is 20.0. The largest absolute Gasteiger partial charge is 0.469 e. The summed E-state index contributed by atoms with van der Waals surface area (Å²) in [6.07, 6.45) is 2.34. The van der Waals surface area contributed by atoms with E-state index in [4.69, 9.17) is 14.2 Å². The minimum Gasteiger partial charge on any atom is -0.469 e. The summed E-state index contributed by atoms with van der Waals surface area (Å²) in [7, 11) is 1.39. The van der Waals surface area contributed by atoms with Gasteiger partial charge in [-0.3, -0.25) is 14.4 Å². The number of hydrogen-bond acceptors (Lipinski definition) is 7. The van der Waals surface area contributed by atoms with Crippen LogP contribution in [0.25, 0.3) is 0 Å². The van der Waals surface area contributed by atoms with Gasteiger partial charge in [0.25, 0.3) is 0 Å². The molecule has 3 rings (SSSR count). The quantitative estimate of drug-likeness (QED) is 0.399. The topological polar surface area (TPSA) is 99.1 Å². The molecule has 178 valence electrons. The lowest BCUT2D eigenvalue weighted by atomic mass is 9.46. The molecule has 1 fully saturated rings. The standard InChI is InChI=1S/C25H36O7/c1-8-23(4)13-16(28)20-19(21(23)32-15(3)27)17(31-14(2)26)12-18-24(20,5)10-9-11-25(18,6)22(29)30-7/h8,16-18,21,28H,1,9-13H2,2-7H3/t16-,17-,18-,21-,23-,24+,25-/m1/s1. The maximum Gasteiger partial charge on any atom is 0.311 e. The third-order valence-corrected chi connectivity index (χ3v) is 8.21. The third kappa shape index (κ3) is 3.68. The maximum atomic E-state index is 12.9. The van der Waals surface area contributed by atoms with Gasteiger partial charge in [-0.15, -0.1) is 6.58 Å². The number of methoxy groups -OCH3 is 1. The van der Waals surface area contributed by atoms with Gasteiger partial charge >= 0.3 is 17.9 Å². The molecule has 7 heteroatoms. The van der Waals surface area contributed by atoms with Gasteiger partial charge in [-0.1, -0.05) is 26.3 Å². The van der Waals surface area contributed by atoms with Crippen molar-refractivity contribution in [1.29, 1.82) is 0 Å². The van der Waals surface area contributed by atoms with Gasteiger partial charge in [-0.25, -0.2) is 0 Å². The monoisotopic (exact) mass is 448 g/mol. The van der Waals surface area contributed by atoms with E-state index in [-0.39, 0.29) is 11.9 Å². The van der Waals surface area contributed by atoms with Gasteiger partial charge in [0.1, 0.15) is 12.2 Å². The van der Waals surface area contributed by atoms with Crippen LogP contribution in [0, 0.1) is 22.2 Å². The fourth-order valence-corrected chi connectivity index (χ4v) is 6.77. The van der Waals surface area contributed by atoms with E-state index in [2.05, 4.69) is 13.5 Å². The van der Waals surface area contributed by atoms with Crippen molar-refractivity contribution in [3.05, 3.63) is 23.8 Å². The number of aliphatic hydroxyl groups is 1. The highest BCUT2D eigenvalue weighted by Crippen LogP contribution is 2.64. The highest BCUT2D eigenvalue weighted by molar-refractivity contribution is 5.77. The normalized spacial score (nSPS) is 41.1. The Hall–Kier alpha value is -2.15. The van der Waals surface area contributed by atoms with Crippen LogP contribution < -0.4 is 0 Å². The van der Waals surface area contributed by atoms with Gasteiger partial charge in [0.15, 0.2) is 0 Å². The van der Waals surface area contributed by atoms with E-state index in [1.165, 1.54) is 21.0 Å². The van der Waals surface area contributed by atoms with Crippen molar-refractivity contribution < 1.29 is 33.7 Å². The number of hydrogen-bond donors (Lipinski definition) is 1. The summed E-state index contributed by atoms with van der Waals surface area (Å²) in [6.45, 7) is 12.5. The van der Waals surface area contributed by atoms with Crippen molar-refractivity contribution in [2.75, 3.05) is 7.11 Å². The van der Waals surface area contributed by atoms with Gasteiger partial charge < -0.3 is 19.3 Å². The number of carbonyl (C=O) groups is 3. The van der Waals surface area contributed by atoms with Crippen LogP contribution in [-0.4, -0.2) is 48.4 Å². The number of rotatable bonds is 4. The SMILES string of the molecule is C=C[C@]1(C)C[C@@H](O)C2=C([C@H]1OC(C)=O)[C@H](OC(C)=O)C[C@H]1[C@](C)(C(=O)OC)CCC[C@]21C. The second-order valence-corrected chi connectivity index (χ2v) is 10.4. The zero-order chi connectivity index (χ0) is 24.1. The molecule has 0 radical (unpaired) electrons. The number of esters is 3. The lowest BCUT2D eigenvalue weighted by Crippen LogP contribution is -2.59. The zero-order valence-corrected chi connectivity index (χ0v) is 20.0. The summed E-state index contributed by atoms with van der Waals surface area (Å²) in [6, 6.07) is 0. The number of aliphatic hydroxyl groups excluding tert-OH is 1. The van der Waals surface area contributed by atoms with Crippen LogP contribution >= 0.6 is 0 Å². The smallest absolute Gasteiger partial charge is 0.311 e. The predicted octanol–water partition coefficient (Wildman–Crippen LogP) is 3.49. The highest BCUT2D eigenvalue weighted by atomic mass is 16.6. The molecule has 0 unspecified atom stereocenters. The van der Waals surface area contributed by atoms with Crippen molar-refractivity contribution in [2.24, 2.45) is 22.2 Å². The second-order valence-electron chi connectivity index (χ2n) is 10.4. The molecule has 0 aromatic heterocycles. The van der Waals surface area contributed by atoms with Gasteiger partial charge in [-0.2, -0.15) is 0 Å². The minimum absolute atomic E-state index is 0.208. The van der Waals surface area contributed by atoms with Crippen molar-refractivity contribution in [3.63, 3.8) is 0 Å². The van der Waals surface area contributed by atoms with Crippen LogP contribution in [0.4, 0.5) is 0 Å². The lowest BCUT2D eigenvalue weighted by molar-refractivity contribution is -0.170. The first-order valence-corrected chi connectivity index (χ1v) is 11.3. The molecular formula is C25H36O7. The highest BCUT2D eigenvalue weighted by Gasteiger charge is 2.63. The Kier molecular flexibility index (Phi) is 6.37. The summed E-state index contributed by atoms with van der Waals surface area (Å²) in [4.78, 5) is 37.1. The summed E-state index contributed by atoms with van der Waals surface area (Å²) in [5.74, 6) is -1.43. The van der Waals surface area contributed by atoms with Crippen molar-refractivity contribution >= 4 is 17.9 Å². The van der Waals surface area contributed by atoms with Crippen LogP contribution in [0.2, 0.25) is 0 Å². The molecule has 0 aromatic carbocycles. The molecule has 7 atom stereocenters. The molecule has 0 aliphatic heterocycles. The Morgan fingerprint density at radius 1 is 1.09 bits per heavy atom. The number of fused-ring (bicyclic) bond motifs is 2. The molecule has 0 heterocycles. The molecule has 0 aromatic rings. The third-order valence-electron chi connectivity index (χ3n) is 8.21. The molecule has 1 saturated carbocycles. The minimum atomic E-state index is -0.842. The second kappa shape index (κ2) is 8.32. The Labute approximate surface area is 190 Å². The van der Waals surface area contributed by atoms with Crippen molar-refractivity contribution in [2.45, 2.75) is 85.0 Å². The van der Waals surface area contributed by atoms with E-state index in [1.54, 1.807) is 6.08 Å². The average Bonchev–Trinajstić information content (AvgIpc) is 2.70. The van der Waals surface area contributed by atoms with E-state index in [0.717, 1.165) is 18.4 Å². The first kappa shape index (κ1) is 24.5. The number of carbonyl (C=O) groups excluding carboxylic acids is 3. The van der Waals surface area contributed by atoms with Crippen molar-refractivity contribution in [3.8, 4) is 0 Å². The summed E-state index contributed by atoms with van der Waals surface area (Å²) < 4.78 is 16.8. The average molecular weight is 449 g/mol. The molecule has 0 spiro atoms. The van der Waals surface area contributed by atoms with Crippen LogP contribution in [-0.2, 0) is 28.6 Å². The molecule has 0 saturated heterocycles. The molecule has 7 nitrogen and oxygen atoms in total. The Balaban J connectivity index is 2.28. The first-order chi connectivity index (χ1) is 14.8. The Morgan fingerprint density at radius 2 is 1.72 bits per heavy atom. The van der Waals surface area contributed by atoms with Gasteiger partial charge in [0, 0.05) is 24.8 Å². The molecule has 1 N–H and O–H groups in total. The Morgan fingerprint density at radius 3 is 2.25 bits per heavy atom. The fourth-order valence-electron chi connectivity index (χ4n) is 6.77.